The van der Waals surface area contributed by atoms with Gasteiger partial charge in [-0.1, -0.05) is 12.8 Å². The van der Waals surface area contributed by atoms with Gasteiger partial charge in [0.25, 0.3) is 0 Å². The Balaban J connectivity index is 1.83. The van der Waals surface area contributed by atoms with E-state index in [9.17, 15) is 4.79 Å². The summed E-state index contributed by atoms with van der Waals surface area (Å²) in [6.07, 6.45) is 5.17. The number of carbonyl (C=O) groups excluding carboxylic acids is 1. The third-order valence-corrected chi connectivity index (χ3v) is 4.72. The quantitative estimate of drug-likeness (QED) is 0.928. The van der Waals surface area contributed by atoms with Gasteiger partial charge in [-0.2, -0.15) is 0 Å². The van der Waals surface area contributed by atoms with Crippen LogP contribution in [0.1, 0.15) is 57.6 Å². The summed E-state index contributed by atoms with van der Waals surface area (Å²) in [6, 6.07) is 5.85. The fraction of sp³-hybridized carbons (Fsp3) is 0.611. The first-order valence-electron chi connectivity index (χ1n) is 8.16. The van der Waals surface area contributed by atoms with E-state index in [-0.39, 0.29) is 23.5 Å². The molecule has 1 aliphatic carbocycles. The minimum Gasteiger partial charge on any atom is -0.497 e. The predicted octanol–water partition coefficient (Wildman–Crippen LogP) is 3.60. The maximum atomic E-state index is 12.5. The van der Waals surface area contributed by atoms with Gasteiger partial charge < -0.3 is 14.8 Å². The summed E-state index contributed by atoms with van der Waals surface area (Å²) in [5.74, 6) is 1.97. The van der Waals surface area contributed by atoms with Crippen LogP contribution >= 0.6 is 0 Å². The van der Waals surface area contributed by atoms with Crippen molar-refractivity contribution in [2.45, 2.75) is 57.6 Å². The van der Waals surface area contributed by atoms with E-state index in [1.165, 1.54) is 12.8 Å². The Morgan fingerprint density at radius 3 is 2.73 bits per heavy atom. The molecule has 1 fully saturated rings. The van der Waals surface area contributed by atoms with Crippen LogP contribution in [0, 0.1) is 5.92 Å². The van der Waals surface area contributed by atoms with Gasteiger partial charge >= 0.3 is 0 Å². The molecular weight excluding hydrogens is 278 g/mol. The average molecular weight is 303 g/mol. The van der Waals surface area contributed by atoms with Crippen molar-refractivity contribution in [3.63, 3.8) is 0 Å². The molecule has 0 saturated heterocycles. The largest absolute Gasteiger partial charge is 0.497 e. The number of benzene rings is 1. The summed E-state index contributed by atoms with van der Waals surface area (Å²) in [4.78, 5) is 12.5. The van der Waals surface area contributed by atoms with Crippen LogP contribution in [0.2, 0.25) is 0 Å². The predicted molar refractivity (Wildman–Crippen MR) is 85.2 cm³/mol. The second kappa shape index (κ2) is 5.82. The number of fused-ring (bicyclic) bond motifs is 1. The van der Waals surface area contributed by atoms with Crippen molar-refractivity contribution in [2.75, 3.05) is 7.11 Å². The summed E-state index contributed by atoms with van der Waals surface area (Å²) >= 11 is 0. The number of hydrogen-bond acceptors (Lipinski definition) is 3. The molecule has 1 saturated carbocycles. The van der Waals surface area contributed by atoms with E-state index < -0.39 is 0 Å². The van der Waals surface area contributed by atoms with Gasteiger partial charge in [0.1, 0.15) is 17.1 Å². The molecule has 1 N–H and O–H groups in total. The summed E-state index contributed by atoms with van der Waals surface area (Å²) in [5.41, 5.74) is 0.749. The molecule has 3 rings (SSSR count). The molecule has 4 nitrogen and oxygen atoms in total. The Bertz CT molecular complexity index is 561. The van der Waals surface area contributed by atoms with E-state index in [1.54, 1.807) is 7.11 Å². The molecule has 4 heteroatoms. The van der Waals surface area contributed by atoms with Gasteiger partial charge in [0.2, 0.25) is 5.91 Å². The van der Waals surface area contributed by atoms with E-state index in [2.05, 4.69) is 19.2 Å². The molecule has 1 heterocycles. The molecular formula is C18H25NO3. The van der Waals surface area contributed by atoms with Crippen LogP contribution in [0.4, 0.5) is 0 Å². The number of rotatable bonds is 3. The van der Waals surface area contributed by atoms with Crippen molar-refractivity contribution in [1.82, 2.24) is 5.32 Å². The molecule has 1 atom stereocenters. The molecule has 0 bridgehead atoms. The number of ether oxygens (including phenoxy) is 2. The first kappa shape index (κ1) is 15.2. The van der Waals surface area contributed by atoms with Gasteiger partial charge in [-0.3, -0.25) is 4.79 Å². The zero-order chi connectivity index (χ0) is 15.7. The Hall–Kier alpha value is -1.71. The van der Waals surface area contributed by atoms with Crippen LogP contribution in [0.15, 0.2) is 18.2 Å². The van der Waals surface area contributed by atoms with Crippen molar-refractivity contribution in [3.8, 4) is 11.5 Å². The Morgan fingerprint density at radius 1 is 1.32 bits per heavy atom. The van der Waals surface area contributed by atoms with E-state index in [0.717, 1.165) is 36.3 Å². The van der Waals surface area contributed by atoms with Crippen LogP contribution in [0.3, 0.4) is 0 Å². The third kappa shape index (κ3) is 3.06. The summed E-state index contributed by atoms with van der Waals surface area (Å²) < 4.78 is 11.3. The lowest BCUT2D eigenvalue weighted by atomic mass is 9.89. The molecule has 1 aromatic rings. The summed E-state index contributed by atoms with van der Waals surface area (Å²) in [7, 11) is 1.65. The zero-order valence-corrected chi connectivity index (χ0v) is 13.6. The highest BCUT2D eigenvalue weighted by atomic mass is 16.5. The monoisotopic (exact) mass is 303 g/mol. The molecule has 22 heavy (non-hydrogen) atoms. The molecule has 1 amide bonds. The molecule has 1 aromatic carbocycles. The number of nitrogens with one attached hydrogen (secondary N) is 1. The van der Waals surface area contributed by atoms with Gasteiger partial charge in [-0.05, 0) is 38.8 Å². The van der Waals surface area contributed by atoms with E-state index >= 15 is 0 Å². The van der Waals surface area contributed by atoms with Gasteiger partial charge in [0.05, 0.1) is 13.2 Å². The van der Waals surface area contributed by atoms with Gasteiger partial charge in [-0.15, -0.1) is 0 Å². The first-order valence-corrected chi connectivity index (χ1v) is 8.16. The molecule has 0 spiro atoms. The standard InChI is InChI=1S/C18H25NO3/c1-18(2)11-15(19-17(20)12-6-4-5-7-12)14-9-8-13(21-3)10-16(14)22-18/h8-10,12,15H,4-7,11H2,1-3H3,(H,19,20)/t15-/m0/s1. The topological polar surface area (TPSA) is 47.6 Å². The minimum atomic E-state index is -0.299. The maximum Gasteiger partial charge on any atom is 0.223 e. The van der Waals surface area contributed by atoms with Crippen LogP contribution < -0.4 is 14.8 Å². The molecule has 0 aromatic heterocycles. The van der Waals surface area contributed by atoms with Gasteiger partial charge in [0.15, 0.2) is 0 Å². The van der Waals surface area contributed by atoms with Crippen LogP contribution in [-0.2, 0) is 4.79 Å². The number of hydrogen-bond donors (Lipinski definition) is 1. The lowest BCUT2D eigenvalue weighted by Gasteiger charge is -2.38. The van der Waals surface area contributed by atoms with E-state index in [0.29, 0.717) is 0 Å². The highest BCUT2D eigenvalue weighted by Crippen LogP contribution is 2.41. The molecule has 120 valence electrons. The zero-order valence-electron chi connectivity index (χ0n) is 13.6. The number of amides is 1. The van der Waals surface area contributed by atoms with E-state index in [1.807, 2.05) is 18.2 Å². The minimum absolute atomic E-state index is 0.0118. The van der Waals surface area contributed by atoms with Crippen molar-refractivity contribution >= 4 is 5.91 Å². The first-order chi connectivity index (χ1) is 10.5. The average Bonchev–Trinajstić information content (AvgIpc) is 2.99. The lowest BCUT2D eigenvalue weighted by Crippen LogP contribution is -2.42. The summed E-state index contributed by atoms with van der Waals surface area (Å²) in [6.45, 7) is 4.12. The van der Waals surface area contributed by atoms with Crippen LogP contribution in [-0.4, -0.2) is 18.6 Å². The second-order valence-electron chi connectivity index (χ2n) is 7.01. The summed E-state index contributed by atoms with van der Waals surface area (Å²) in [5, 5.41) is 3.25. The van der Waals surface area contributed by atoms with Crippen molar-refractivity contribution in [1.29, 1.82) is 0 Å². The Labute approximate surface area is 132 Å². The highest BCUT2D eigenvalue weighted by Gasteiger charge is 2.36. The normalized spacial score (nSPS) is 23.5. The van der Waals surface area contributed by atoms with Crippen molar-refractivity contribution in [2.24, 2.45) is 5.92 Å². The van der Waals surface area contributed by atoms with E-state index in [4.69, 9.17) is 9.47 Å². The maximum absolute atomic E-state index is 12.5. The highest BCUT2D eigenvalue weighted by molar-refractivity contribution is 5.79. The van der Waals surface area contributed by atoms with Crippen molar-refractivity contribution < 1.29 is 14.3 Å². The molecule has 0 unspecified atom stereocenters. The van der Waals surface area contributed by atoms with Crippen LogP contribution in [0.5, 0.6) is 11.5 Å². The third-order valence-electron chi connectivity index (χ3n) is 4.72. The SMILES string of the molecule is COc1ccc2c(c1)OC(C)(C)C[C@@H]2NC(=O)C1CCCC1. The number of carbonyl (C=O) groups is 1. The fourth-order valence-corrected chi connectivity index (χ4v) is 3.57. The van der Waals surface area contributed by atoms with Crippen molar-refractivity contribution in [3.05, 3.63) is 23.8 Å². The van der Waals surface area contributed by atoms with Gasteiger partial charge in [0, 0.05) is 24.0 Å². The second-order valence-corrected chi connectivity index (χ2v) is 7.01. The number of methoxy groups -OCH3 is 1. The molecule has 2 aliphatic rings. The Kier molecular flexibility index (Phi) is 4.02. The van der Waals surface area contributed by atoms with Gasteiger partial charge in [-0.25, -0.2) is 0 Å². The lowest BCUT2D eigenvalue weighted by molar-refractivity contribution is -0.126. The molecule has 1 aliphatic heterocycles. The fourth-order valence-electron chi connectivity index (χ4n) is 3.57. The Morgan fingerprint density at radius 2 is 2.05 bits per heavy atom. The molecule has 0 radical (unpaired) electrons. The van der Waals surface area contributed by atoms with Crippen LogP contribution in [0.25, 0.3) is 0 Å². The smallest absolute Gasteiger partial charge is 0.223 e.